The first kappa shape index (κ1) is 22.0. The molecule has 162 valence electrons. The zero-order chi connectivity index (χ0) is 21.9. The fourth-order valence-electron chi connectivity index (χ4n) is 5.01. The van der Waals surface area contributed by atoms with Gasteiger partial charge in [0.25, 0.3) is 8.32 Å². The van der Waals surface area contributed by atoms with Crippen LogP contribution in [0.25, 0.3) is 0 Å². The second-order valence-electron chi connectivity index (χ2n) is 9.82. The van der Waals surface area contributed by atoms with Crippen LogP contribution in [0.3, 0.4) is 0 Å². The van der Waals surface area contributed by atoms with Gasteiger partial charge in [-0.15, -0.1) is 0 Å². The summed E-state index contributed by atoms with van der Waals surface area (Å²) in [5.74, 6) is 0.888. The molecule has 0 bridgehead atoms. The van der Waals surface area contributed by atoms with Crippen LogP contribution in [0.2, 0.25) is 5.04 Å². The predicted octanol–water partition coefficient (Wildman–Crippen LogP) is 5.32. The molecule has 0 unspecified atom stereocenters. The number of rotatable bonds is 8. The van der Waals surface area contributed by atoms with Crippen LogP contribution in [0.5, 0.6) is 0 Å². The molecule has 1 aliphatic rings. The number of aliphatic hydroxyl groups is 1. The Morgan fingerprint density at radius 2 is 1.32 bits per heavy atom. The van der Waals surface area contributed by atoms with Crippen LogP contribution in [0, 0.1) is 11.8 Å². The Balaban J connectivity index is 1.52. The third kappa shape index (κ3) is 4.54. The van der Waals surface area contributed by atoms with Gasteiger partial charge in [-0.25, -0.2) is 0 Å². The Labute approximate surface area is 188 Å². The molecule has 2 nitrogen and oxygen atoms in total. The summed E-state index contributed by atoms with van der Waals surface area (Å²) in [4.78, 5) is 0. The van der Waals surface area contributed by atoms with Crippen LogP contribution >= 0.6 is 0 Å². The summed E-state index contributed by atoms with van der Waals surface area (Å²) in [7, 11) is -2.46. The Kier molecular flexibility index (Phi) is 6.47. The van der Waals surface area contributed by atoms with Crippen molar-refractivity contribution in [3.8, 4) is 0 Å². The van der Waals surface area contributed by atoms with E-state index in [2.05, 4.69) is 81.4 Å². The lowest BCUT2D eigenvalue weighted by molar-refractivity contribution is 0.144. The maximum atomic E-state index is 10.7. The molecule has 1 saturated carbocycles. The molecule has 3 aromatic rings. The molecule has 3 aromatic carbocycles. The lowest BCUT2D eigenvalue weighted by Crippen LogP contribution is -2.66. The van der Waals surface area contributed by atoms with Gasteiger partial charge in [0.2, 0.25) is 0 Å². The molecule has 0 heterocycles. The van der Waals surface area contributed by atoms with Crippen molar-refractivity contribution >= 4 is 18.7 Å². The fraction of sp³-hybridized carbons (Fsp3) is 0.357. The minimum absolute atomic E-state index is 0.00219. The van der Waals surface area contributed by atoms with Crippen LogP contribution in [-0.2, 0) is 4.43 Å². The molecule has 1 aliphatic carbocycles. The Morgan fingerprint density at radius 1 is 0.839 bits per heavy atom. The molecule has 0 saturated heterocycles. The molecule has 0 amide bonds. The molecular weight excluding hydrogens is 396 g/mol. The van der Waals surface area contributed by atoms with Gasteiger partial charge >= 0.3 is 0 Å². The van der Waals surface area contributed by atoms with E-state index < -0.39 is 8.32 Å². The van der Waals surface area contributed by atoms with Gasteiger partial charge in [-0.1, -0.05) is 112 Å². The molecule has 3 atom stereocenters. The third-order valence-corrected chi connectivity index (χ3v) is 11.8. The molecule has 0 aromatic heterocycles. The van der Waals surface area contributed by atoms with E-state index >= 15 is 0 Å². The quantitative estimate of drug-likeness (QED) is 0.490. The van der Waals surface area contributed by atoms with E-state index in [0.717, 1.165) is 25.0 Å². The van der Waals surface area contributed by atoms with Gasteiger partial charge < -0.3 is 9.53 Å². The summed E-state index contributed by atoms with van der Waals surface area (Å²) < 4.78 is 7.01. The van der Waals surface area contributed by atoms with Crippen LogP contribution in [0.15, 0.2) is 91.0 Å². The number of benzene rings is 3. The van der Waals surface area contributed by atoms with E-state index in [4.69, 9.17) is 4.43 Å². The van der Waals surface area contributed by atoms with Crippen LogP contribution in [0.1, 0.15) is 45.3 Å². The summed E-state index contributed by atoms with van der Waals surface area (Å²) in [6, 6.07) is 31.7. The average molecular weight is 431 g/mol. The maximum Gasteiger partial charge on any atom is 0.261 e. The average Bonchev–Trinajstić information content (AvgIpc) is 3.57. The number of aliphatic hydroxyl groups excluding tert-OH is 1. The summed E-state index contributed by atoms with van der Waals surface area (Å²) >= 11 is 0. The summed E-state index contributed by atoms with van der Waals surface area (Å²) in [6.07, 6.45) is 1.72. The van der Waals surface area contributed by atoms with E-state index in [-0.39, 0.29) is 11.1 Å². The molecule has 3 heteroatoms. The second-order valence-corrected chi connectivity index (χ2v) is 14.1. The lowest BCUT2D eigenvalue weighted by Gasteiger charge is -2.43. The molecule has 0 spiro atoms. The summed E-state index contributed by atoms with van der Waals surface area (Å²) in [6.45, 7) is 7.69. The van der Waals surface area contributed by atoms with Crippen molar-refractivity contribution in [3.05, 3.63) is 96.6 Å². The van der Waals surface area contributed by atoms with Crippen LogP contribution in [0.4, 0.5) is 0 Å². The van der Waals surface area contributed by atoms with Crippen molar-refractivity contribution in [1.29, 1.82) is 0 Å². The predicted molar refractivity (Wildman–Crippen MR) is 131 cm³/mol. The zero-order valence-corrected chi connectivity index (χ0v) is 19.9. The first-order valence-corrected chi connectivity index (χ1v) is 13.3. The molecule has 31 heavy (non-hydrogen) atoms. The summed E-state index contributed by atoms with van der Waals surface area (Å²) in [5.41, 5.74) is 1.03. The molecule has 0 radical (unpaired) electrons. The first-order chi connectivity index (χ1) is 14.9. The van der Waals surface area contributed by atoms with Crippen molar-refractivity contribution in [2.24, 2.45) is 11.8 Å². The van der Waals surface area contributed by atoms with Crippen molar-refractivity contribution in [1.82, 2.24) is 0 Å². The molecule has 0 aliphatic heterocycles. The van der Waals surface area contributed by atoms with Gasteiger partial charge in [0.15, 0.2) is 0 Å². The minimum atomic E-state index is -2.46. The Bertz CT molecular complexity index is 911. The standard InChI is InChI=1S/C28H34O2Si/c1-28(2,3)31(24-15-9-5-10-16-24,25-17-11-6-12-18-25)30-20-19-23-21-26(23)27(29)22-13-7-4-8-14-22/h4-18,23,26-27,29H,19-21H2,1-3H3/t23-,26+,27+/m0/s1. The monoisotopic (exact) mass is 430 g/mol. The zero-order valence-electron chi connectivity index (χ0n) is 18.9. The van der Waals surface area contributed by atoms with Gasteiger partial charge in [0, 0.05) is 6.61 Å². The van der Waals surface area contributed by atoms with Crippen molar-refractivity contribution in [3.63, 3.8) is 0 Å². The van der Waals surface area contributed by atoms with Crippen molar-refractivity contribution in [2.75, 3.05) is 6.61 Å². The largest absolute Gasteiger partial charge is 0.407 e. The maximum absolute atomic E-state index is 10.7. The highest BCUT2D eigenvalue weighted by molar-refractivity contribution is 6.99. The smallest absolute Gasteiger partial charge is 0.261 e. The molecule has 1 N–H and O–H groups in total. The van der Waals surface area contributed by atoms with Crippen LogP contribution < -0.4 is 10.4 Å². The summed E-state index contributed by atoms with van der Waals surface area (Å²) in [5, 5.41) is 13.4. The van der Waals surface area contributed by atoms with Gasteiger partial charge in [0.05, 0.1) is 6.10 Å². The van der Waals surface area contributed by atoms with E-state index in [1.807, 2.05) is 30.3 Å². The SMILES string of the molecule is CC(C)(C)[Si](OCC[C@H]1C[C@H]1[C@H](O)c1ccccc1)(c1ccccc1)c1ccccc1. The van der Waals surface area contributed by atoms with Crippen LogP contribution in [-0.4, -0.2) is 20.0 Å². The fourth-order valence-corrected chi connectivity index (χ4v) is 9.59. The Hall–Kier alpha value is -2.20. The van der Waals surface area contributed by atoms with E-state index in [1.54, 1.807) is 0 Å². The van der Waals surface area contributed by atoms with Crippen molar-refractivity contribution in [2.45, 2.75) is 44.8 Å². The molecule has 1 fully saturated rings. The number of hydrogen-bond acceptors (Lipinski definition) is 2. The normalized spacial score (nSPS) is 19.7. The lowest BCUT2D eigenvalue weighted by atomic mass is 10.0. The molecular formula is C28H34O2Si. The van der Waals surface area contributed by atoms with E-state index in [0.29, 0.717) is 11.8 Å². The van der Waals surface area contributed by atoms with Gasteiger partial charge in [-0.3, -0.25) is 0 Å². The minimum Gasteiger partial charge on any atom is -0.407 e. The van der Waals surface area contributed by atoms with Gasteiger partial charge in [-0.2, -0.15) is 0 Å². The van der Waals surface area contributed by atoms with E-state index in [9.17, 15) is 5.11 Å². The topological polar surface area (TPSA) is 29.5 Å². The highest BCUT2D eigenvalue weighted by atomic mass is 28.4. The third-order valence-electron chi connectivity index (χ3n) is 6.75. The second kappa shape index (κ2) is 9.11. The number of hydrogen-bond donors (Lipinski definition) is 1. The Morgan fingerprint density at radius 3 is 1.81 bits per heavy atom. The van der Waals surface area contributed by atoms with Gasteiger partial charge in [-0.05, 0) is 45.7 Å². The molecule has 4 rings (SSSR count). The van der Waals surface area contributed by atoms with Crippen molar-refractivity contribution < 1.29 is 9.53 Å². The van der Waals surface area contributed by atoms with Gasteiger partial charge in [0.1, 0.15) is 0 Å². The van der Waals surface area contributed by atoms with E-state index in [1.165, 1.54) is 10.4 Å². The highest BCUT2D eigenvalue weighted by Crippen LogP contribution is 2.49. The highest BCUT2D eigenvalue weighted by Gasteiger charge is 2.50. The first-order valence-electron chi connectivity index (χ1n) is 11.4.